The van der Waals surface area contributed by atoms with Crippen molar-refractivity contribution >= 4 is 10.9 Å². The van der Waals surface area contributed by atoms with Gasteiger partial charge in [0.25, 0.3) is 0 Å². The predicted molar refractivity (Wildman–Crippen MR) is 58.4 cm³/mol. The summed E-state index contributed by atoms with van der Waals surface area (Å²) in [5, 5.41) is 15.4. The molecule has 0 saturated heterocycles. The second-order valence-electron chi connectivity index (χ2n) is 2.61. The van der Waals surface area contributed by atoms with E-state index in [1.165, 1.54) is 6.20 Å². The van der Waals surface area contributed by atoms with E-state index in [1.54, 1.807) is 18.2 Å². The molecule has 0 aliphatic rings. The van der Waals surface area contributed by atoms with Crippen LogP contribution in [-0.2, 0) is 0 Å². The lowest BCUT2D eigenvalue weighted by Crippen LogP contribution is -2.02. The van der Waals surface area contributed by atoms with Gasteiger partial charge in [-0.15, -0.1) is 0 Å². The second kappa shape index (κ2) is 4.91. The number of H-pyrrole nitrogens is 1. The second-order valence-corrected chi connectivity index (χ2v) is 2.61. The molecule has 4 nitrogen and oxygen atoms in total. The van der Waals surface area contributed by atoms with Gasteiger partial charge in [-0.1, -0.05) is 13.8 Å². The number of rotatable bonds is 0. The van der Waals surface area contributed by atoms with Crippen LogP contribution in [0.2, 0.25) is 0 Å². The fourth-order valence-corrected chi connectivity index (χ4v) is 1.15. The lowest BCUT2D eigenvalue weighted by atomic mass is 10.1. The summed E-state index contributed by atoms with van der Waals surface area (Å²) >= 11 is 0. The lowest BCUT2D eigenvalue weighted by molar-refractivity contribution is 1.06. The van der Waals surface area contributed by atoms with Crippen LogP contribution in [0.25, 0.3) is 10.9 Å². The zero-order valence-corrected chi connectivity index (χ0v) is 8.61. The summed E-state index contributed by atoms with van der Waals surface area (Å²) in [7, 11) is 0. The average molecular weight is 201 g/mol. The molecule has 4 heteroatoms. The van der Waals surface area contributed by atoms with E-state index in [1.807, 2.05) is 19.9 Å². The molecule has 0 fully saturated rings. The van der Waals surface area contributed by atoms with Crippen molar-refractivity contribution in [1.82, 2.24) is 10.2 Å². The number of fused-ring (bicyclic) bond motifs is 1. The minimum atomic E-state index is -0.175. The topological polar surface area (TPSA) is 69.5 Å². The Labute approximate surface area is 87.2 Å². The van der Waals surface area contributed by atoms with Gasteiger partial charge in [0.15, 0.2) is 0 Å². The van der Waals surface area contributed by atoms with Gasteiger partial charge in [-0.2, -0.15) is 10.4 Å². The van der Waals surface area contributed by atoms with Crippen molar-refractivity contribution in [3.05, 3.63) is 40.2 Å². The molecule has 0 spiro atoms. The Morgan fingerprint density at radius 3 is 2.80 bits per heavy atom. The molecule has 0 atom stereocenters. The molecule has 0 saturated carbocycles. The number of hydrogen-bond acceptors (Lipinski definition) is 3. The van der Waals surface area contributed by atoms with Gasteiger partial charge < -0.3 is 0 Å². The number of aromatic amines is 1. The maximum absolute atomic E-state index is 11.3. The van der Waals surface area contributed by atoms with Crippen LogP contribution >= 0.6 is 0 Å². The third-order valence-corrected chi connectivity index (χ3v) is 1.78. The zero-order valence-electron chi connectivity index (χ0n) is 8.61. The van der Waals surface area contributed by atoms with Crippen molar-refractivity contribution in [1.29, 1.82) is 5.26 Å². The number of nitrogens with one attached hydrogen (secondary N) is 1. The van der Waals surface area contributed by atoms with E-state index in [4.69, 9.17) is 5.26 Å². The minimum absolute atomic E-state index is 0.175. The summed E-state index contributed by atoms with van der Waals surface area (Å²) in [6.07, 6.45) is 1.20. The largest absolute Gasteiger partial charge is 0.287 e. The molecule has 0 amide bonds. The Morgan fingerprint density at radius 2 is 2.13 bits per heavy atom. The van der Waals surface area contributed by atoms with Gasteiger partial charge >= 0.3 is 0 Å². The number of nitriles is 1. The molecule has 2 aromatic rings. The Kier molecular flexibility index (Phi) is 3.58. The minimum Gasteiger partial charge on any atom is -0.287 e. The Bertz CT molecular complexity index is 551. The first-order valence-corrected chi connectivity index (χ1v) is 4.69. The highest BCUT2D eigenvalue weighted by Gasteiger charge is 1.98. The standard InChI is InChI=1S/C9H5N3O.C2H6/c10-4-6-1-2-8-7(3-6)9(13)5-11-12-8;1-2/h1-3,5H,(H,12,13);1-2H3. The summed E-state index contributed by atoms with van der Waals surface area (Å²) in [6.45, 7) is 4.00. The predicted octanol–water partition coefficient (Wildman–Crippen LogP) is 1.82. The van der Waals surface area contributed by atoms with Crippen molar-refractivity contribution in [2.45, 2.75) is 13.8 Å². The SMILES string of the molecule is CC.N#Cc1ccc2[nH]ncc(=O)c2c1. The van der Waals surface area contributed by atoms with Crippen LogP contribution in [0.4, 0.5) is 0 Å². The van der Waals surface area contributed by atoms with Gasteiger partial charge in [0.1, 0.15) is 0 Å². The molecule has 0 aliphatic carbocycles. The normalized spacial score (nSPS) is 8.87. The number of aromatic nitrogens is 2. The van der Waals surface area contributed by atoms with E-state index in [-0.39, 0.29) is 5.43 Å². The highest BCUT2D eigenvalue weighted by atomic mass is 16.1. The van der Waals surface area contributed by atoms with Gasteiger partial charge in [0.05, 0.1) is 23.3 Å². The fourth-order valence-electron chi connectivity index (χ4n) is 1.15. The third kappa shape index (κ3) is 2.20. The Morgan fingerprint density at radius 1 is 1.40 bits per heavy atom. The van der Waals surface area contributed by atoms with Crippen LogP contribution in [0.1, 0.15) is 19.4 Å². The third-order valence-electron chi connectivity index (χ3n) is 1.78. The van der Waals surface area contributed by atoms with Crippen LogP contribution in [0.15, 0.2) is 29.2 Å². The highest BCUT2D eigenvalue weighted by molar-refractivity contribution is 5.78. The molecule has 1 heterocycles. The molecular weight excluding hydrogens is 190 g/mol. The molecule has 1 aromatic carbocycles. The van der Waals surface area contributed by atoms with Crippen molar-refractivity contribution < 1.29 is 0 Å². The number of hydrogen-bond donors (Lipinski definition) is 1. The van der Waals surface area contributed by atoms with Crippen molar-refractivity contribution in [2.24, 2.45) is 0 Å². The van der Waals surface area contributed by atoms with E-state index >= 15 is 0 Å². The summed E-state index contributed by atoms with van der Waals surface area (Å²) in [5.74, 6) is 0. The zero-order chi connectivity index (χ0) is 11.3. The molecule has 0 unspecified atom stereocenters. The molecule has 1 aromatic heterocycles. The van der Waals surface area contributed by atoms with E-state index < -0.39 is 0 Å². The van der Waals surface area contributed by atoms with E-state index in [0.29, 0.717) is 16.5 Å². The summed E-state index contributed by atoms with van der Waals surface area (Å²) in [4.78, 5) is 11.3. The lowest BCUT2D eigenvalue weighted by Gasteiger charge is -1.94. The Hall–Kier alpha value is -2.15. The van der Waals surface area contributed by atoms with Crippen LogP contribution in [0.3, 0.4) is 0 Å². The quantitative estimate of drug-likeness (QED) is 0.706. The van der Waals surface area contributed by atoms with Crippen LogP contribution in [0, 0.1) is 11.3 Å². The van der Waals surface area contributed by atoms with E-state index in [9.17, 15) is 4.79 Å². The van der Waals surface area contributed by atoms with Gasteiger partial charge in [-0.25, -0.2) is 0 Å². The van der Waals surface area contributed by atoms with Crippen LogP contribution in [0.5, 0.6) is 0 Å². The number of nitrogens with zero attached hydrogens (tertiary/aromatic N) is 2. The summed E-state index contributed by atoms with van der Waals surface area (Å²) in [5.41, 5.74) is 0.946. The first-order chi connectivity index (χ1) is 7.31. The molecule has 1 N–H and O–H groups in total. The van der Waals surface area contributed by atoms with Crippen molar-refractivity contribution in [3.63, 3.8) is 0 Å². The first-order valence-electron chi connectivity index (χ1n) is 4.69. The average Bonchev–Trinajstić information content (AvgIpc) is 2.32. The molecule has 0 aliphatic heterocycles. The first kappa shape index (κ1) is 10.9. The van der Waals surface area contributed by atoms with Crippen molar-refractivity contribution in [2.75, 3.05) is 0 Å². The molecule has 0 bridgehead atoms. The summed E-state index contributed by atoms with van der Waals surface area (Å²) < 4.78 is 0. The van der Waals surface area contributed by atoms with Crippen LogP contribution in [-0.4, -0.2) is 10.2 Å². The van der Waals surface area contributed by atoms with E-state index in [2.05, 4.69) is 10.2 Å². The summed E-state index contributed by atoms with van der Waals surface area (Å²) in [6, 6.07) is 6.83. The molecule has 0 radical (unpaired) electrons. The smallest absolute Gasteiger partial charge is 0.207 e. The van der Waals surface area contributed by atoms with Gasteiger partial charge in [-0.05, 0) is 18.2 Å². The monoisotopic (exact) mass is 201 g/mol. The van der Waals surface area contributed by atoms with Gasteiger partial charge in [0, 0.05) is 5.39 Å². The Balaban J connectivity index is 0.000000531. The maximum atomic E-state index is 11.3. The highest BCUT2D eigenvalue weighted by Crippen LogP contribution is 2.07. The molecular formula is C11H11N3O. The number of benzene rings is 1. The molecule has 2 rings (SSSR count). The molecule has 76 valence electrons. The maximum Gasteiger partial charge on any atom is 0.207 e. The van der Waals surface area contributed by atoms with E-state index in [0.717, 1.165) is 0 Å². The van der Waals surface area contributed by atoms with Crippen LogP contribution < -0.4 is 5.43 Å². The van der Waals surface area contributed by atoms with Gasteiger partial charge in [0.2, 0.25) is 5.43 Å². The van der Waals surface area contributed by atoms with Gasteiger partial charge in [-0.3, -0.25) is 9.89 Å². The fraction of sp³-hybridized carbons (Fsp3) is 0.182. The van der Waals surface area contributed by atoms with Crippen molar-refractivity contribution in [3.8, 4) is 6.07 Å². The molecule has 15 heavy (non-hydrogen) atoms.